The molecule has 0 amide bonds. The van der Waals surface area contributed by atoms with Gasteiger partial charge in [-0.15, -0.1) is 0 Å². The topological polar surface area (TPSA) is 64.8 Å². The van der Waals surface area contributed by atoms with Gasteiger partial charge < -0.3 is 9.97 Å². The number of likely N-dealkylation sites (tertiary alicyclic amines) is 1. The number of halogens is 2. The lowest BCUT2D eigenvalue weighted by Crippen LogP contribution is -2.36. The fourth-order valence-corrected chi connectivity index (χ4v) is 4.71. The number of fused-ring (bicyclic) bond motifs is 2. The summed E-state index contributed by atoms with van der Waals surface area (Å²) in [5, 5.41) is 1.91. The van der Waals surface area contributed by atoms with Crippen LogP contribution in [0.3, 0.4) is 0 Å². The number of piperidine rings is 1. The summed E-state index contributed by atoms with van der Waals surface area (Å²) in [6.07, 6.45) is 4.84. The first-order valence-corrected chi connectivity index (χ1v) is 11.1. The van der Waals surface area contributed by atoms with E-state index in [4.69, 9.17) is 11.6 Å². The molecule has 2 aromatic heterocycles. The van der Waals surface area contributed by atoms with Gasteiger partial charge in [-0.1, -0.05) is 11.6 Å². The number of nitrogens with zero attached hydrogens (tertiary/aromatic N) is 2. The highest BCUT2D eigenvalue weighted by Gasteiger charge is 2.25. The van der Waals surface area contributed by atoms with E-state index in [9.17, 15) is 9.18 Å². The Morgan fingerprint density at radius 1 is 1.16 bits per heavy atom. The molecule has 5 nitrogen and oxygen atoms in total. The van der Waals surface area contributed by atoms with Crippen LogP contribution in [0.1, 0.15) is 30.7 Å². The van der Waals surface area contributed by atoms with Crippen molar-refractivity contribution in [3.8, 4) is 0 Å². The summed E-state index contributed by atoms with van der Waals surface area (Å²) in [6.45, 7) is 2.68. The van der Waals surface area contributed by atoms with Crippen LogP contribution in [-0.2, 0) is 17.8 Å². The number of imidazole rings is 1. The van der Waals surface area contributed by atoms with E-state index in [1.54, 1.807) is 6.07 Å². The molecular weight excluding hydrogens is 415 g/mol. The third-order valence-electron chi connectivity index (χ3n) is 6.27. The first kappa shape index (κ1) is 20.2. The van der Waals surface area contributed by atoms with Crippen molar-refractivity contribution < 1.29 is 9.18 Å². The molecule has 0 radical (unpaired) electrons. The van der Waals surface area contributed by atoms with Crippen molar-refractivity contribution in [3.63, 3.8) is 0 Å². The maximum absolute atomic E-state index is 13.3. The quantitative estimate of drug-likeness (QED) is 0.432. The van der Waals surface area contributed by atoms with Gasteiger partial charge >= 0.3 is 0 Å². The summed E-state index contributed by atoms with van der Waals surface area (Å²) in [7, 11) is 0. The molecule has 160 valence electrons. The van der Waals surface area contributed by atoms with Gasteiger partial charge in [0.1, 0.15) is 17.4 Å². The number of carbonyl (C=O) groups is 1. The number of benzene rings is 2. The Labute approximate surface area is 184 Å². The molecular formula is C24H24ClFN4O. The zero-order valence-corrected chi connectivity index (χ0v) is 17.9. The standard InChI is InChI=1S/C24H24ClFN4O/c25-17-1-3-20-19(11-17)16(13-27-20)14-30-9-7-15(8-10-30)23(31)5-6-24-28-21-4-2-18(26)12-22(21)29-24/h1-4,11-13,15,27H,5-10,14H2,(H,28,29). The fourth-order valence-electron chi connectivity index (χ4n) is 4.53. The van der Waals surface area contributed by atoms with E-state index in [2.05, 4.69) is 26.0 Å². The molecule has 5 rings (SSSR count). The Balaban J connectivity index is 1.14. The average Bonchev–Trinajstić information content (AvgIpc) is 3.35. The second-order valence-electron chi connectivity index (χ2n) is 8.37. The SMILES string of the molecule is O=C(CCc1nc2ccc(F)cc2[nH]1)C1CCN(Cc2c[nH]c3ccc(Cl)cc23)CC1. The Hall–Kier alpha value is -2.70. The number of aromatic amines is 2. The molecule has 3 heterocycles. The van der Waals surface area contributed by atoms with Crippen LogP contribution in [0.25, 0.3) is 21.9 Å². The average molecular weight is 439 g/mol. The summed E-state index contributed by atoms with van der Waals surface area (Å²) >= 11 is 6.16. The smallest absolute Gasteiger partial charge is 0.136 e. The number of nitrogens with one attached hydrogen (secondary N) is 2. The zero-order valence-electron chi connectivity index (χ0n) is 17.1. The molecule has 4 aromatic rings. The summed E-state index contributed by atoms with van der Waals surface area (Å²) in [5.41, 5.74) is 3.74. The number of rotatable bonds is 6. The number of ketones is 1. The maximum atomic E-state index is 13.3. The van der Waals surface area contributed by atoms with Crippen LogP contribution in [0.2, 0.25) is 5.02 Å². The van der Waals surface area contributed by atoms with Gasteiger partial charge in [0.15, 0.2) is 0 Å². The first-order chi connectivity index (χ1) is 15.0. The molecule has 0 unspecified atom stereocenters. The van der Waals surface area contributed by atoms with E-state index in [0.29, 0.717) is 24.1 Å². The summed E-state index contributed by atoms with van der Waals surface area (Å²) in [4.78, 5) is 26.0. The highest BCUT2D eigenvalue weighted by Crippen LogP contribution is 2.26. The lowest BCUT2D eigenvalue weighted by Gasteiger charge is -2.31. The number of aryl methyl sites for hydroxylation is 1. The molecule has 1 aliphatic heterocycles. The molecule has 0 spiro atoms. The third kappa shape index (κ3) is 4.36. The Bertz CT molecular complexity index is 1240. The van der Waals surface area contributed by atoms with Crippen LogP contribution in [0, 0.1) is 11.7 Å². The minimum Gasteiger partial charge on any atom is -0.361 e. The van der Waals surface area contributed by atoms with Gasteiger partial charge in [0.2, 0.25) is 0 Å². The Kier molecular flexibility index (Phi) is 5.50. The maximum Gasteiger partial charge on any atom is 0.136 e. The minimum absolute atomic E-state index is 0.107. The molecule has 7 heteroatoms. The molecule has 2 N–H and O–H groups in total. The zero-order chi connectivity index (χ0) is 21.4. The van der Waals surface area contributed by atoms with Crippen molar-refractivity contribution in [2.45, 2.75) is 32.2 Å². The lowest BCUT2D eigenvalue weighted by molar-refractivity contribution is -0.124. The molecule has 0 aliphatic carbocycles. The second kappa shape index (κ2) is 8.44. The van der Waals surface area contributed by atoms with E-state index in [1.807, 2.05) is 18.2 Å². The first-order valence-electron chi connectivity index (χ1n) is 10.7. The summed E-state index contributed by atoms with van der Waals surface area (Å²) < 4.78 is 13.3. The summed E-state index contributed by atoms with van der Waals surface area (Å²) in [5.74, 6) is 0.853. The van der Waals surface area contributed by atoms with Crippen molar-refractivity contribution in [1.82, 2.24) is 19.9 Å². The van der Waals surface area contributed by atoms with Crippen molar-refractivity contribution in [2.75, 3.05) is 13.1 Å². The van der Waals surface area contributed by atoms with E-state index >= 15 is 0 Å². The van der Waals surface area contributed by atoms with Gasteiger partial charge in [-0.2, -0.15) is 0 Å². The van der Waals surface area contributed by atoms with Gasteiger partial charge in [-0.3, -0.25) is 9.69 Å². The van der Waals surface area contributed by atoms with E-state index in [1.165, 1.54) is 17.7 Å². The highest BCUT2D eigenvalue weighted by atomic mass is 35.5. The van der Waals surface area contributed by atoms with Crippen LogP contribution in [0.15, 0.2) is 42.6 Å². The lowest BCUT2D eigenvalue weighted by atomic mass is 9.90. The third-order valence-corrected chi connectivity index (χ3v) is 6.50. The number of hydrogen-bond donors (Lipinski definition) is 2. The van der Waals surface area contributed by atoms with Crippen molar-refractivity contribution in [3.05, 3.63) is 64.8 Å². The predicted octanol–water partition coefficient (Wildman–Crippen LogP) is 5.25. The molecule has 2 aromatic carbocycles. The molecule has 1 fully saturated rings. The van der Waals surface area contributed by atoms with Crippen LogP contribution >= 0.6 is 11.6 Å². The number of carbonyl (C=O) groups excluding carboxylic acids is 1. The van der Waals surface area contributed by atoms with Crippen molar-refractivity contribution in [1.29, 1.82) is 0 Å². The molecule has 0 saturated carbocycles. The van der Waals surface area contributed by atoms with E-state index < -0.39 is 0 Å². The monoisotopic (exact) mass is 438 g/mol. The predicted molar refractivity (Wildman–Crippen MR) is 121 cm³/mol. The van der Waals surface area contributed by atoms with Crippen molar-refractivity contribution >= 4 is 39.3 Å². The van der Waals surface area contributed by atoms with Crippen LogP contribution < -0.4 is 0 Å². The van der Waals surface area contributed by atoms with Gasteiger partial charge in [-0.25, -0.2) is 9.37 Å². The normalized spacial score (nSPS) is 15.8. The number of Topliss-reactive ketones (excluding diaryl/α,β-unsaturated/α-hetero) is 1. The largest absolute Gasteiger partial charge is 0.361 e. The molecule has 31 heavy (non-hydrogen) atoms. The van der Waals surface area contributed by atoms with E-state index in [0.717, 1.165) is 59.7 Å². The molecule has 1 saturated heterocycles. The van der Waals surface area contributed by atoms with Crippen molar-refractivity contribution in [2.24, 2.45) is 5.92 Å². The molecule has 0 bridgehead atoms. The van der Waals surface area contributed by atoms with E-state index in [-0.39, 0.29) is 11.7 Å². The number of hydrogen-bond acceptors (Lipinski definition) is 3. The van der Waals surface area contributed by atoms with Gasteiger partial charge in [0.25, 0.3) is 0 Å². The number of H-pyrrole nitrogens is 2. The van der Waals surface area contributed by atoms with Crippen LogP contribution in [0.5, 0.6) is 0 Å². The van der Waals surface area contributed by atoms with Crippen LogP contribution in [-0.4, -0.2) is 38.7 Å². The highest BCUT2D eigenvalue weighted by molar-refractivity contribution is 6.31. The fraction of sp³-hybridized carbons (Fsp3) is 0.333. The van der Waals surface area contributed by atoms with Gasteiger partial charge in [-0.05, 0) is 67.9 Å². The van der Waals surface area contributed by atoms with Crippen LogP contribution in [0.4, 0.5) is 4.39 Å². The second-order valence-corrected chi connectivity index (χ2v) is 8.80. The minimum atomic E-state index is -0.290. The van der Waals surface area contributed by atoms with Gasteiger partial charge in [0, 0.05) is 47.4 Å². The summed E-state index contributed by atoms with van der Waals surface area (Å²) in [6, 6.07) is 10.4. The Morgan fingerprint density at radius 3 is 2.84 bits per heavy atom. The number of aromatic nitrogens is 3. The molecule has 1 aliphatic rings. The molecule has 0 atom stereocenters. The Morgan fingerprint density at radius 2 is 2.00 bits per heavy atom. The van der Waals surface area contributed by atoms with Gasteiger partial charge in [0.05, 0.1) is 11.0 Å².